The van der Waals surface area contributed by atoms with Gasteiger partial charge in [-0.2, -0.15) is 5.26 Å². The number of halogens is 1. The minimum atomic E-state index is -0.423. The Kier molecular flexibility index (Phi) is 7.27. The number of nitrogens with zero attached hydrogens (tertiary/aromatic N) is 7. The fourth-order valence-corrected chi connectivity index (χ4v) is 4.83. The third kappa shape index (κ3) is 5.19. The van der Waals surface area contributed by atoms with Crippen molar-refractivity contribution in [2.45, 2.75) is 58.1 Å². The molecule has 1 aliphatic rings. The number of pyridine rings is 2. The molecule has 3 heterocycles. The Bertz CT molecular complexity index is 1380. The van der Waals surface area contributed by atoms with E-state index in [1.165, 1.54) is 4.57 Å². The normalized spacial score (nSPS) is 18.6. The van der Waals surface area contributed by atoms with Crippen molar-refractivity contribution in [3.05, 3.63) is 57.5 Å². The van der Waals surface area contributed by atoms with Crippen molar-refractivity contribution in [2.75, 3.05) is 11.9 Å². The Hall–Kier alpha value is -3.51. The second-order valence-corrected chi connectivity index (χ2v) is 10.5. The Morgan fingerprint density at radius 3 is 2.58 bits per heavy atom. The van der Waals surface area contributed by atoms with Crippen molar-refractivity contribution in [2.24, 2.45) is 18.1 Å². The van der Waals surface area contributed by atoms with Crippen LogP contribution in [0.15, 0.2) is 40.7 Å². The monoisotopic (exact) mass is 507 g/mol. The molecule has 0 spiro atoms. The third-order valence-corrected chi connectivity index (χ3v) is 6.73. The molecule has 4 rings (SSSR count). The zero-order valence-electron chi connectivity index (χ0n) is 21.2. The highest BCUT2D eigenvalue weighted by molar-refractivity contribution is 6.29. The van der Waals surface area contributed by atoms with Crippen LogP contribution >= 0.6 is 11.6 Å². The lowest BCUT2D eigenvalue weighted by atomic mass is 9.81. The molecular formula is C26H30ClN7O2. The summed E-state index contributed by atoms with van der Waals surface area (Å²) in [5.74, 6) is 0.150. The van der Waals surface area contributed by atoms with Crippen LogP contribution in [0.4, 0.5) is 5.69 Å². The Balaban J connectivity index is 1.64. The van der Waals surface area contributed by atoms with Crippen molar-refractivity contribution in [1.29, 1.82) is 5.26 Å². The van der Waals surface area contributed by atoms with E-state index in [1.54, 1.807) is 37.8 Å². The molecule has 1 saturated carbocycles. The topological polar surface area (TPSA) is 109 Å². The molecule has 3 aromatic rings. The number of rotatable bonds is 5. The van der Waals surface area contributed by atoms with E-state index in [4.69, 9.17) is 16.4 Å². The lowest BCUT2D eigenvalue weighted by molar-refractivity contribution is -0.0000756. The molecule has 10 heteroatoms. The van der Waals surface area contributed by atoms with E-state index in [0.717, 1.165) is 31.4 Å². The number of hydrogen-bond acceptors (Lipinski definition) is 8. The Morgan fingerprint density at radius 2 is 1.97 bits per heavy atom. The predicted octanol–water partition coefficient (Wildman–Crippen LogP) is 4.46. The van der Waals surface area contributed by atoms with Crippen LogP contribution in [-0.4, -0.2) is 43.9 Å². The maximum Gasteiger partial charge on any atom is 0.270 e. The van der Waals surface area contributed by atoms with Crippen LogP contribution in [-0.2, 0) is 11.9 Å². The van der Waals surface area contributed by atoms with Crippen molar-refractivity contribution in [3.8, 4) is 6.07 Å². The van der Waals surface area contributed by atoms with E-state index >= 15 is 0 Å². The number of hydrogen-bond donors (Lipinski definition) is 0. The zero-order chi connectivity index (χ0) is 26.0. The van der Waals surface area contributed by atoms with Crippen molar-refractivity contribution in [1.82, 2.24) is 19.5 Å². The molecular weight excluding hydrogens is 478 g/mol. The highest BCUT2D eigenvalue weighted by Gasteiger charge is 2.32. The molecule has 0 aromatic carbocycles. The maximum absolute atomic E-state index is 13.0. The van der Waals surface area contributed by atoms with Crippen LogP contribution in [0.1, 0.15) is 57.7 Å². The van der Waals surface area contributed by atoms with Gasteiger partial charge in [0.25, 0.3) is 5.56 Å². The molecule has 0 bridgehead atoms. The molecule has 9 nitrogen and oxygen atoms in total. The Labute approximate surface area is 215 Å². The van der Waals surface area contributed by atoms with Crippen LogP contribution < -0.4 is 10.5 Å². The van der Waals surface area contributed by atoms with E-state index in [1.807, 2.05) is 32.7 Å². The van der Waals surface area contributed by atoms with Gasteiger partial charge in [-0.1, -0.05) is 16.8 Å². The summed E-state index contributed by atoms with van der Waals surface area (Å²) in [5, 5.41) is 14.7. The highest BCUT2D eigenvalue weighted by Crippen LogP contribution is 2.35. The van der Waals surface area contributed by atoms with Crippen molar-refractivity contribution >= 4 is 34.0 Å². The molecule has 0 unspecified atom stereocenters. The van der Waals surface area contributed by atoms with E-state index < -0.39 is 5.60 Å². The minimum absolute atomic E-state index is 0.0739. The maximum atomic E-state index is 13.0. The summed E-state index contributed by atoms with van der Waals surface area (Å²) < 4.78 is 1.45. The molecule has 188 valence electrons. The van der Waals surface area contributed by atoms with Gasteiger partial charge in [0.2, 0.25) is 0 Å². The Morgan fingerprint density at radius 1 is 1.25 bits per heavy atom. The van der Waals surface area contributed by atoms with Crippen LogP contribution in [0.2, 0.25) is 5.15 Å². The first-order chi connectivity index (χ1) is 17.1. The van der Waals surface area contributed by atoms with Crippen molar-refractivity contribution < 1.29 is 4.84 Å². The number of aryl methyl sites for hydroxylation is 1. The third-order valence-electron chi connectivity index (χ3n) is 6.52. The van der Waals surface area contributed by atoms with Gasteiger partial charge in [-0.3, -0.25) is 14.8 Å². The lowest BCUT2D eigenvalue weighted by Gasteiger charge is -2.36. The number of nitriles is 1. The van der Waals surface area contributed by atoms with Gasteiger partial charge >= 0.3 is 0 Å². The molecule has 0 atom stereocenters. The van der Waals surface area contributed by atoms with Gasteiger partial charge in [0, 0.05) is 38.4 Å². The lowest BCUT2D eigenvalue weighted by Crippen LogP contribution is -2.39. The summed E-state index contributed by atoms with van der Waals surface area (Å²) in [6.45, 7) is 5.87. The zero-order valence-corrected chi connectivity index (χ0v) is 22.0. The standard InChI is InChI=1S/C26H30ClN7O2/c1-26(2,3)36-32-22(19-15-29-12-13-30-19)16-6-8-17(9-7-16)33(4)24-18(14-28)25(35)34(5)20-10-11-21(27)31-23(20)24/h10-13,15-17H,6-9H2,1-5H3/b32-22-. The molecule has 0 aliphatic heterocycles. The average Bonchev–Trinajstić information content (AvgIpc) is 2.86. The number of aromatic nitrogens is 4. The van der Waals surface area contributed by atoms with Gasteiger partial charge in [-0.05, 0) is 58.6 Å². The molecule has 0 radical (unpaired) electrons. The van der Waals surface area contributed by atoms with Crippen LogP contribution in [0.25, 0.3) is 11.0 Å². The van der Waals surface area contributed by atoms with Gasteiger partial charge < -0.3 is 14.3 Å². The molecule has 0 N–H and O–H groups in total. The van der Waals surface area contributed by atoms with Crippen molar-refractivity contribution in [3.63, 3.8) is 0 Å². The van der Waals surface area contributed by atoms with E-state index in [2.05, 4.69) is 26.2 Å². The van der Waals surface area contributed by atoms with Crippen LogP contribution in [0.5, 0.6) is 0 Å². The minimum Gasteiger partial charge on any atom is -0.390 e. The molecule has 0 amide bonds. The van der Waals surface area contributed by atoms with Gasteiger partial charge in [0.15, 0.2) is 0 Å². The van der Waals surface area contributed by atoms with E-state index in [9.17, 15) is 10.1 Å². The fourth-order valence-electron chi connectivity index (χ4n) is 4.68. The first-order valence-electron chi connectivity index (χ1n) is 12.0. The second kappa shape index (κ2) is 10.2. The van der Waals surface area contributed by atoms with Crippen LogP contribution in [0, 0.1) is 17.2 Å². The summed E-state index contributed by atoms with van der Waals surface area (Å²) >= 11 is 6.21. The summed E-state index contributed by atoms with van der Waals surface area (Å²) in [7, 11) is 3.56. The quantitative estimate of drug-likeness (QED) is 0.285. The second-order valence-electron chi connectivity index (χ2n) is 10.1. The van der Waals surface area contributed by atoms with Gasteiger partial charge in [-0.25, -0.2) is 4.98 Å². The summed E-state index contributed by atoms with van der Waals surface area (Å²) in [6, 6.07) is 5.63. The molecule has 1 fully saturated rings. The molecule has 1 aliphatic carbocycles. The molecule has 0 saturated heterocycles. The fraction of sp³-hybridized carbons (Fsp3) is 0.462. The molecule has 3 aromatic heterocycles. The smallest absolute Gasteiger partial charge is 0.270 e. The average molecular weight is 508 g/mol. The van der Waals surface area contributed by atoms with Gasteiger partial charge in [0.05, 0.1) is 17.4 Å². The van der Waals surface area contributed by atoms with Gasteiger partial charge in [-0.15, -0.1) is 0 Å². The highest BCUT2D eigenvalue weighted by atomic mass is 35.5. The van der Waals surface area contributed by atoms with Gasteiger partial charge in [0.1, 0.15) is 39.3 Å². The largest absolute Gasteiger partial charge is 0.390 e. The summed E-state index contributed by atoms with van der Waals surface area (Å²) in [6.07, 6.45) is 8.36. The van der Waals surface area contributed by atoms with Crippen LogP contribution in [0.3, 0.4) is 0 Å². The SMILES string of the molecule is CN(c1c(C#N)c(=O)n(C)c2ccc(Cl)nc12)C1CCC(/C(=N/OC(C)(C)C)c2cnccn2)CC1. The first kappa shape index (κ1) is 25.6. The molecule has 36 heavy (non-hydrogen) atoms. The summed E-state index contributed by atoms with van der Waals surface area (Å²) in [4.78, 5) is 33.9. The van der Waals surface area contributed by atoms with E-state index in [-0.39, 0.29) is 23.1 Å². The number of oxime groups is 1. The summed E-state index contributed by atoms with van der Waals surface area (Å²) in [5.41, 5.74) is 2.52. The van der Waals surface area contributed by atoms with E-state index in [0.29, 0.717) is 27.6 Å². The predicted molar refractivity (Wildman–Crippen MR) is 140 cm³/mol. The number of fused-ring (bicyclic) bond motifs is 1. The first-order valence-corrected chi connectivity index (χ1v) is 12.3. The number of anilines is 1.